The van der Waals surface area contributed by atoms with Crippen LogP contribution in [0.3, 0.4) is 0 Å². The minimum atomic E-state index is -0.448. The van der Waals surface area contributed by atoms with Crippen molar-refractivity contribution in [2.45, 2.75) is 44.4 Å². The Kier molecular flexibility index (Phi) is 7.29. The van der Waals surface area contributed by atoms with Gasteiger partial charge in [-0.3, -0.25) is 9.59 Å². The summed E-state index contributed by atoms with van der Waals surface area (Å²) < 4.78 is 32.1. The Bertz CT molecular complexity index is 1110. The smallest absolute Gasteiger partial charge is 0.270 e. The monoisotopic (exact) mass is 471 g/mol. The van der Waals surface area contributed by atoms with Crippen molar-refractivity contribution in [1.29, 1.82) is 0 Å². The van der Waals surface area contributed by atoms with E-state index in [0.717, 1.165) is 25.7 Å². The third kappa shape index (κ3) is 6.13. The van der Waals surface area contributed by atoms with E-state index in [9.17, 15) is 18.4 Å². The Morgan fingerprint density at radius 1 is 0.939 bits per heavy atom. The quantitative estimate of drug-likeness (QED) is 0.533. The Hall–Kier alpha value is -3.33. The predicted octanol–water partition coefficient (Wildman–Crippen LogP) is 4.47. The molecule has 6 nitrogen and oxygen atoms in total. The number of benzene rings is 2. The molecule has 0 saturated heterocycles. The van der Waals surface area contributed by atoms with E-state index in [-0.39, 0.29) is 42.1 Å². The topological polar surface area (TPSA) is 80.3 Å². The summed E-state index contributed by atoms with van der Waals surface area (Å²) in [5.41, 5.74) is 0.726. The molecule has 0 atom stereocenters. The second-order valence-electron chi connectivity index (χ2n) is 7.85. The lowest BCUT2D eigenvalue weighted by atomic mass is 9.91. The number of nitrogens with one attached hydrogen (secondary N) is 2. The van der Waals surface area contributed by atoms with E-state index in [1.54, 1.807) is 17.5 Å². The maximum absolute atomic E-state index is 13.6. The van der Waals surface area contributed by atoms with Crippen LogP contribution in [0.1, 0.15) is 51.5 Å². The number of aromatic nitrogens is 1. The molecule has 1 heterocycles. The number of ether oxygens (including phenoxy) is 1. The van der Waals surface area contributed by atoms with E-state index in [4.69, 9.17) is 4.74 Å². The van der Waals surface area contributed by atoms with Crippen molar-refractivity contribution in [1.82, 2.24) is 15.6 Å². The number of thiazole rings is 1. The molecule has 9 heteroatoms. The van der Waals surface area contributed by atoms with Crippen molar-refractivity contribution in [2.75, 3.05) is 0 Å². The average Bonchev–Trinajstić information content (AvgIpc) is 3.29. The highest BCUT2D eigenvalue weighted by molar-refractivity contribution is 7.09. The van der Waals surface area contributed by atoms with Gasteiger partial charge < -0.3 is 15.4 Å². The largest absolute Gasteiger partial charge is 0.483 e. The fraction of sp³-hybridized carbons (Fsp3) is 0.292. The molecule has 2 amide bonds. The highest BCUT2D eigenvalue weighted by Crippen LogP contribution is 2.21. The molecular weight excluding hydrogens is 448 g/mol. The number of halogens is 2. The molecule has 1 aromatic heterocycles. The number of para-hydroxylation sites is 1. The maximum atomic E-state index is 13.6. The summed E-state index contributed by atoms with van der Waals surface area (Å²) in [5.74, 6) is -1.18. The molecule has 2 aromatic carbocycles. The van der Waals surface area contributed by atoms with E-state index in [2.05, 4.69) is 15.6 Å². The molecule has 3 aromatic rings. The molecule has 0 bridgehead atoms. The van der Waals surface area contributed by atoms with Crippen LogP contribution in [0.5, 0.6) is 5.75 Å². The number of carbonyl (C=O) groups excluding carboxylic acids is 2. The third-order valence-corrected chi connectivity index (χ3v) is 6.30. The molecule has 2 N–H and O–H groups in total. The van der Waals surface area contributed by atoms with Gasteiger partial charge in [0.2, 0.25) is 0 Å². The molecule has 1 aliphatic carbocycles. The van der Waals surface area contributed by atoms with Crippen LogP contribution < -0.4 is 15.4 Å². The van der Waals surface area contributed by atoms with E-state index in [0.29, 0.717) is 16.3 Å². The zero-order valence-electron chi connectivity index (χ0n) is 17.7. The minimum absolute atomic E-state index is 0.00344. The maximum Gasteiger partial charge on any atom is 0.270 e. The van der Waals surface area contributed by atoms with Crippen LogP contribution in [-0.2, 0) is 6.61 Å². The Balaban J connectivity index is 1.22. The molecular formula is C24H23F2N3O3S. The number of carbonyl (C=O) groups is 2. The molecule has 1 aliphatic rings. The molecule has 0 spiro atoms. The summed E-state index contributed by atoms with van der Waals surface area (Å²) in [4.78, 5) is 29.1. The third-order valence-electron chi connectivity index (χ3n) is 5.48. The second kappa shape index (κ2) is 10.5. The van der Waals surface area contributed by atoms with Crippen molar-refractivity contribution >= 4 is 23.2 Å². The SMILES string of the molecule is O=C(NC1CCC(NC(=O)c2csc(COc3ccccc3F)n2)CC1)c1ccc(F)cc1. The van der Waals surface area contributed by atoms with Crippen LogP contribution in [0.2, 0.25) is 0 Å². The predicted molar refractivity (Wildman–Crippen MR) is 120 cm³/mol. The highest BCUT2D eigenvalue weighted by atomic mass is 32.1. The van der Waals surface area contributed by atoms with Gasteiger partial charge in [-0.2, -0.15) is 0 Å². The minimum Gasteiger partial charge on any atom is -0.483 e. The number of rotatable bonds is 7. The summed E-state index contributed by atoms with van der Waals surface area (Å²) in [5, 5.41) is 8.20. The van der Waals surface area contributed by atoms with Gasteiger partial charge in [0, 0.05) is 23.0 Å². The van der Waals surface area contributed by atoms with Gasteiger partial charge in [-0.1, -0.05) is 12.1 Å². The van der Waals surface area contributed by atoms with Crippen molar-refractivity contribution < 1.29 is 23.1 Å². The van der Waals surface area contributed by atoms with Gasteiger partial charge >= 0.3 is 0 Å². The van der Waals surface area contributed by atoms with Crippen molar-refractivity contribution in [3.8, 4) is 5.75 Å². The lowest BCUT2D eigenvalue weighted by Crippen LogP contribution is -2.43. The van der Waals surface area contributed by atoms with Gasteiger partial charge in [-0.25, -0.2) is 13.8 Å². The van der Waals surface area contributed by atoms with E-state index >= 15 is 0 Å². The first kappa shape index (κ1) is 22.8. The summed E-state index contributed by atoms with van der Waals surface area (Å²) in [6, 6.07) is 11.6. The number of nitrogens with zero attached hydrogens (tertiary/aromatic N) is 1. The molecule has 1 fully saturated rings. The van der Waals surface area contributed by atoms with Crippen LogP contribution in [0, 0.1) is 11.6 Å². The lowest BCUT2D eigenvalue weighted by molar-refractivity contribution is 0.0889. The molecule has 0 unspecified atom stereocenters. The normalized spacial score (nSPS) is 17.9. The summed E-state index contributed by atoms with van der Waals surface area (Å²) in [7, 11) is 0. The molecule has 1 saturated carbocycles. The van der Waals surface area contributed by atoms with Crippen LogP contribution in [-0.4, -0.2) is 28.9 Å². The van der Waals surface area contributed by atoms with E-state index in [1.807, 2.05) is 0 Å². The fourth-order valence-corrected chi connectivity index (χ4v) is 4.38. The second-order valence-corrected chi connectivity index (χ2v) is 8.79. The van der Waals surface area contributed by atoms with Gasteiger partial charge in [0.25, 0.3) is 11.8 Å². The molecule has 0 aliphatic heterocycles. The van der Waals surface area contributed by atoms with Crippen LogP contribution in [0.15, 0.2) is 53.9 Å². The van der Waals surface area contributed by atoms with Gasteiger partial charge in [-0.05, 0) is 62.1 Å². The van der Waals surface area contributed by atoms with E-state index < -0.39 is 5.82 Å². The Morgan fingerprint density at radius 2 is 1.58 bits per heavy atom. The molecule has 33 heavy (non-hydrogen) atoms. The van der Waals surface area contributed by atoms with Crippen molar-refractivity contribution in [3.63, 3.8) is 0 Å². The fourth-order valence-electron chi connectivity index (χ4n) is 3.69. The lowest BCUT2D eigenvalue weighted by Gasteiger charge is -2.29. The summed E-state index contributed by atoms with van der Waals surface area (Å²) in [6.07, 6.45) is 2.92. The summed E-state index contributed by atoms with van der Waals surface area (Å²) in [6.45, 7) is 0.0811. The average molecular weight is 472 g/mol. The highest BCUT2D eigenvalue weighted by Gasteiger charge is 2.25. The molecule has 0 radical (unpaired) electrons. The van der Waals surface area contributed by atoms with Crippen molar-refractivity contribution in [3.05, 3.63) is 81.8 Å². The van der Waals surface area contributed by atoms with Crippen LogP contribution >= 0.6 is 11.3 Å². The van der Waals surface area contributed by atoms with Gasteiger partial charge in [0.05, 0.1) is 0 Å². The van der Waals surface area contributed by atoms with E-state index in [1.165, 1.54) is 47.7 Å². The standard InChI is InChI=1S/C24H23F2N3O3S/c25-16-7-5-15(6-8-16)23(30)27-17-9-11-18(12-10-17)28-24(31)20-14-33-22(29-20)13-32-21-4-2-1-3-19(21)26/h1-8,14,17-18H,9-13H2,(H,27,30)(H,28,31). The van der Waals surface area contributed by atoms with Crippen molar-refractivity contribution in [2.24, 2.45) is 0 Å². The first-order valence-corrected chi connectivity index (χ1v) is 11.5. The molecule has 172 valence electrons. The first-order valence-electron chi connectivity index (χ1n) is 10.7. The Morgan fingerprint density at radius 3 is 2.24 bits per heavy atom. The van der Waals surface area contributed by atoms with Crippen LogP contribution in [0.4, 0.5) is 8.78 Å². The zero-order valence-corrected chi connectivity index (χ0v) is 18.5. The number of hydrogen-bond donors (Lipinski definition) is 2. The van der Waals surface area contributed by atoms with Gasteiger partial charge in [0.1, 0.15) is 23.1 Å². The first-order chi connectivity index (χ1) is 16.0. The number of amides is 2. The summed E-state index contributed by atoms with van der Waals surface area (Å²) >= 11 is 1.28. The van der Waals surface area contributed by atoms with Gasteiger partial charge in [0.15, 0.2) is 11.6 Å². The number of hydrogen-bond acceptors (Lipinski definition) is 5. The zero-order chi connectivity index (χ0) is 23.2. The van der Waals surface area contributed by atoms with Crippen LogP contribution in [0.25, 0.3) is 0 Å². The Labute approximate surface area is 194 Å². The van der Waals surface area contributed by atoms with Gasteiger partial charge in [-0.15, -0.1) is 11.3 Å². The molecule has 4 rings (SSSR count).